The Bertz CT molecular complexity index is 1150. The van der Waals surface area contributed by atoms with Crippen LogP contribution in [0.3, 0.4) is 0 Å². The molecule has 1 heterocycles. The van der Waals surface area contributed by atoms with Gasteiger partial charge in [0.2, 0.25) is 11.8 Å². The van der Waals surface area contributed by atoms with E-state index in [1.54, 1.807) is 21.9 Å². The number of benzene rings is 3. The Balaban J connectivity index is 1.24. The number of para-hydroxylation sites is 1. The Morgan fingerprint density at radius 3 is 1.94 bits per heavy atom. The van der Waals surface area contributed by atoms with Crippen LogP contribution in [0.15, 0.2) is 78.9 Å². The van der Waals surface area contributed by atoms with E-state index >= 15 is 0 Å². The van der Waals surface area contributed by atoms with Crippen molar-refractivity contribution in [1.29, 1.82) is 0 Å². The number of nitrogens with zero attached hydrogens (tertiary/aromatic N) is 2. The van der Waals surface area contributed by atoms with E-state index in [9.17, 15) is 14.4 Å². The van der Waals surface area contributed by atoms with Gasteiger partial charge < -0.3 is 20.4 Å². The summed E-state index contributed by atoms with van der Waals surface area (Å²) in [6, 6.07) is 24.6. The number of aryl methyl sites for hydroxylation is 1. The second-order valence-electron chi connectivity index (χ2n) is 8.28. The van der Waals surface area contributed by atoms with E-state index in [-0.39, 0.29) is 24.1 Å². The van der Waals surface area contributed by atoms with Crippen LogP contribution in [0.5, 0.6) is 0 Å². The number of hydrogen-bond acceptors (Lipinski definition) is 4. The number of rotatable bonds is 6. The van der Waals surface area contributed by atoms with E-state index in [1.165, 1.54) is 0 Å². The van der Waals surface area contributed by atoms with Gasteiger partial charge in [-0.1, -0.05) is 36.4 Å². The molecule has 7 nitrogen and oxygen atoms in total. The van der Waals surface area contributed by atoms with Crippen LogP contribution in [-0.2, 0) is 9.59 Å². The van der Waals surface area contributed by atoms with Gasteiger partial charge >= 0.3 is 0 Å². The number of hydrogen-bond donors (Lipinski definition) is 2. The lowest BCUT2D eigenvalue weighted by Crippen LogP contribution is -2.51. The topological polar surface area (TPSA) is 81.8 Å². The molecule has 1 aliphatic rings. The van der Waals surface area contributed by atoms with E-state index in [4.69, 9.17) is 0 Å². The van der Waals surface area contributed by atoms with Crippen molar-refractivity contribution in [3.63, 3.8) is 0 Å². The molecule has 3 aromatic carbocycles. The standard InChI is InChI=1S/C27H28N4O3/c1-20-7-5-6-10-24(20)27(34)31-17-15-30(16-18-31)26(33)19-25(32)29-23-13-11-22(12-14-23)28-21-8-3-2-4-9-21/h2-14,28H,15-19H2,1H3,(H,29,32). The first-order valence-electron chi connectivity index (χ1n) is 11.3. The summed E-state index contributed by atoms with van der Waals surface area (Å²) in [5.74, 6) is -0.608. The molecular formula is C27H28N4O3. The number of nitrogens with one attached hydrogen (secondary N) is 2. The zero-order chi connectivity index (χ0) is 23.9. The lowest BCUT2D eigenvalue weighted by Gasteiger charge is -2.35. The summed E-state index contributed by atoms with van der Waals surface area (Å²) in [7, 11) is 0. The highest BCUT2D eigenvalue weighted by atomic mass is 16.2. The Morgan fingerprint density at radius 1 is 0.706 bits per heavy atom. The molecule has 174 valence electrons. The maximum atomic E-state index is 12.8. The minimum atomic E-state index is -0.354. The largest absolute Gasteiger partial charge is 0.356 e. The zero-order valence-corrected chi connectivity index (χ0v) is 19.2. The van der Waals surface area contributed by atoms with Crippen LogP contribution in [0.25, 0.3) is 0 Å². The maximum Gasteiger partial charge on any atom is 0.254 e. The fourth-order valence-corrected chi connectivity index (χ4v) is 3.92. The maximum absolute atomic E-state index is 12.8. The fourth-order valence-electron chi connectivity index (χ4n) is 3.92. The molecule has 0 unspecified atom stereocenters. The van der Waals surface area contributed by atoms with Crippen molar-refractivity contribution in [2.75, 3.05) is 36.8 Å². The first kappa shape index (κ1) is 23.0. The Morgan fingerprint density at radius 2 is 1.26 bits per heavy atom. The molecular weight excluding hydrogens is 428 g/mol. The van der Waals surface area contributed by atoms with Crippen LogP contribution < -0.4 is 10.6 Å². The second-order valence-corrected chi connectivity index (χ2v) is 8.28. The first-order chi connectivity index (χ1) is 16.5. The van der Waals surface area contributed by atoms with Gasteiger partial charge in [-0.05, 0) is 55.0 Å². The molecule has 1 fully saturated rings. The molecule has 1 aliphatic heterocycles. The zero-order valence-electron chi connectivity index (χ0n) is 19.2. The summed E-state index contributed by atoms with van der Waals surface area (Å²) >= 11 is 0. The number of carbonyl (C=O) groups excluding carboxylic acids is 3. The van der Waals surface area contributed by atoms with Crippen molar-refractivity contribution in [2.45, 2.75) is 13.3 Å². The third-order valence-electron chi connectivity index (χ3n) is 5.84. The van der Waals surface area contributed by atoms with Crippen molar-refractivity contribution in [3.8, 4) is 0 Å². The van der Waals surface area contributed by atoms with E-state index < -0.39 is 0 Å². The van der Waals surface area contributed by atoms with E-state index in [1.807, 2.05) is 73.7 Å². The summed E-state index contributed by atoms with van der Waals surface area (Å²) in [5, 5.41) is 6.06. The normalized spacial score (nSPS) is 13.3. The van der Waals surface area contributed by atoms with Crippen molar-refractivity contribution < 1.29 is 14.4 Å². The summed E-state index contributed by atoms with van der Waals surface area (Å²) in [6.45, 7) is 3.67. The van der Waals surface area contributed by atoms with Crippen LogP contribution in [0.2, 0.25) is 0 Å². The third kappa shape index (κ3) is 5.81. The Labute approximate surface area is 199 Å². The van der Waals surface area contributed by atoms with Gasteiger partial charge in [-0.2, -0.15) is 0 Å². The van der Waals surface area contributed by atoms with Crippen molar-refractivity contribution >= 4 is 34.8 Å². The van der Waals surface area contributed by atoms with Gasteiger partial charge in [-0.15, -0.1) is 0 Å². The van der Waals surface area contributed by atoms with Gasteiger partial charge in [0, 0.05) is 48.8 Å². The molecule has 0 bridgehead atoms. The highest BCUT2D eigenvalue weighted by Gasteiger charge is 2.26. The van der Waals surface area contributed by atoms with Gasteiger partial charge in [-0.25, -0.2) is 0 Å². The molecule has 0 atom stereocenters. The average molecular weight is 457 g/mol. The summed E-state index contributed by atoms with van der Waals surface area (Å²) in [6.07, 6.45) is -0.226. The van der Waals surface area contributed by atoms with E-state index in [0.29, 0.717) is 37.4 Å². The summed E-state index contributed by atoms with van der Waals surface area (Å²) in [5.41, 5.74) is 4.13. The highest BCUT2D eigenvalue weighted by Crippen LogP contribution is 2.19. The number of carbonyl (C=O) groups is 3. The van der Waals surface area contributed by atoms with Crippen LogP contribution in [0.1, 0.15) is 22.3 Å². The van der Waals surface area contributed by atoms with Gasteiger partial charge in [-0.3, -0.25) is 14.4 Å². The van der Waals surface area contributed by atoms with Crippen molar-refractivity contribution in [2.24, 2.45) is 0 Å². The van der Waals surface area contributed by atoms with Crippen molar-refractivity contribution in [1.82, 2.24) is 9.80 Å². The summed E-state index contributed by atoms with van der Waals surface area (Å²) < 4.78 is 0. The molecule has 2 N–H and O–H groups in total. The minimum absolute atomic E-state index is 0.0202. The number of amides is 3. The fraction of sp³-hybridized carbons (Fsp3) is 0.222. The molecule has 3 amide bonds. The van der Waals surface area contributed by atoms with Crippen LogP contribution in [0.4, 0.5) is 17.1 Å². The quantitative estimate of drug-likeness (QED) is 0.549. The molecule has 1 saturated heterocycles. The third-order valence-corrected chi connectivity index (χ3v) is 5.84. The molecule has 7 heteroatoms. The van der Waals surface area contributed by atoms with E-state index in [0.717, 1.165) is 16.9 Å². The number of anilines is 3. The molecule has 0 radical (unpaired) electrons. The SMILES string of the molecule is Cc1ccccc1C(=O)N1CCN(C(=O)CC(=O)Nc2ccc(Nc3ccccc3)cc2)CC1. The molecule has 0 saturated carbocycles. The van der Waals surface area contributed by atoms with Crippen LogP contribution in [-0.4, -0.2) is 53.7 Å². The van der Waals surface area contributed by atoms with Crippen molar-refractivity contribution in [3.05, 3.63) is 90.0 Å². The number of piperazine rings is 1. The van der Waals surface area contributed by atoms with E-state index in [2.05, 4.69) is 10.6 Å². The predicted molar refractivity (Wildman–Crippen MR) is 133 cm³/mol. The molecule has 34 heavy (non-hydrogen) atoms. The monoisotopic (exact) mass is 456 g/mol. The van der Waals surface area contributed by atoms with Gasteiger partial charge in [0.1, 0.15) is 6.42 Å². The van der Waals surface area contributed by atoms with Crippen LogP contribution in [0, 0.1) is 6.92 Å². The molecule has 0 spiro atoms. The Hall–Kier alpha value is -4.13. The van der Waals surface area contributed by atoms with Gasteiger partial charge in [0.05, 0.1) is 0 Å². The smallest absolute Gasteiger partial charge is 0.254 e. The second kappa shape index (κ2) is 10.7. The lowest BCUT2D eigenvalue weighted by molar-refractivity contribution is -0.135. The molecule has 3 aromatic rings. The molecule has 4 rings (SSSR count). The molecule has 0 aromatic heterocycles. The van der Waals surface area contributed by atoms with Gasteiger partial charge in [0.15, 0.2) is 0 Å². The predicted octanol–water partition coefficient (Wildman–Crippen LogP) is 4.05. The first-order valence-corrected chi connectivity index (χ1v) is 11.3. The highest BCUT2D eigenvalue weighted by molar-refractivity contribution is 6.03. The summed E-state index contributed by atoms with van der Waals surface area (Å²) in [4.78, 5) is 41.2. The lowest BCUT2D eigenvalue weighted by atomic mass is 10.1. The van der Waals surface area contributed by atoms with Crippen LogP contribution >= 0.6 is 0 Å². The average Bonchev–Trinajstić information content (AvgIpc) is 2.86. The molecule has 0 aliphatic carbocycles. The minimum Gasteiger partial charge on any atom is -0.356 e. The van der Waals surface area contributed by atoms with Gasteiger partial charge in [0.25, 0.3) is 5.91 Å². The Kier molecular flexibility index (Phi) is 7.22.